The number of hydrogen-bond acceptors (Lipinski definition) is 5. The highest BCUT2D eigenvalue weighted by atomic mass is 32.1. The predicted molar refractivity (Wildman–Crippen MR) is 53.6 cm³/mol. The summed E-state index contributed by atoms with van der Waals surface area (Å²) in [6, 6.07) is 0. The van der Waals surface area contributed by atoms with E-state index in [0.29, 0.717) is 5.82 Å². The molecule has 0 radical (unpaired) electrons. The fraction of sp³-hybridized carbons (Fsp3) is 0.375. The first-order chi connectivity index (χ1) is 6.31. The maximum absolute atomic E-state index is 5.66. The number of nitrogen functional groups attached to an aromatic ring is 1. The Morgan fingerprint density at radius 2 is 2.31 bits per heavy atom. The van der Waals surface area contributed by atoms with Gasteiger partial charge in [0, 0.05) is 0 Å². The number of anilines is 1. The van der Waals surface area contributed by atoms with Crippen molar-refractivity contribution in [3.05, 3.63) is 11.3 Å². The summed E-state index contributed by atoms with van der Waals surface area (Å²) in [5.41, 5.74) is 6.41. The maximum atomic E-state index is 5.66. The van der Waals surface area contributed by atoms with E-state index in [1.165, 1.54) is 6.33 Å². The molecular formula is C8H10N4S. The normalized spacial score (nSPS) is 10.8. The van der Waals surface area contributed by atoms with Crippen molar-refractivity contribution in [2.24, 2.45) is 0 Å². The summed E-state index contributed by atoms with van der Waals surface area (Å²) in [6.07, 6.45) is 3.55. The zero-order valence-electron chi connectivity index (χ0n) is 7.32. The number of aryl methyl sites for hydroxylation is 1. The van der Waals surface area contributed by atoms with Crippen molar-refractivity contribution in [3.63, 3.8) is 0 Å². The number of fused-ring (bicyclic) bond motifs is 1. The van der Waals surface area contributed by atoms with Crippen LogP contribution in [0.4, 0.5) is 5.82 Å². The molecule has 0 aliphatic rings. The van der Waals surface area contributed by atoms with Gasteiger partial charge >= 0.3 is 0 Å². The summed E-state index contributed by atoms with van der Waals surface area (Å²) in [7, 11) is 0. The highest BCUT2D eigenvalue weighted by Crippen LogP contribution is 2.23. The van der Waals surface area contributed by atoms with E-state index in [4.69, 9.17) is 5.73 Å². The smallest absolute Gasteiger partial charge is 0.154 e. The summed E-state index contributed by atoms with van der Waals surface area (Å²) in [6.45, 7) is 2.13. The van der Waals surface area contributed by atoms with Crippen molar-refractivity contribution in [1.29, 1.82) is 0 Å². The Bertz CT molecular complexity index is 423. The van der Waals surface area contributed by atoms with E-state index >= 15 is 0 Å². The second-order valence-electron chi connectivity index (χ2n) is 2.77. The minimum absolute atomic E-state index is 0.476. The molecule has 2 aromatic rings. The van der Waals surface area contributed by atoms with Gasteiger partial charge in [-0.2, -0.15) is 0 Å². The van der Waals surface area contributed by atoms with E-state index in [-0.39, 0.29) is 0 Å². The second kappa shape index (κ2) is 3.26. The van der Waals surface area contributed by atoms with Gasteiger partial charge in [0.2, 0.25) is 0 Å². The molecule has 68 valence electrons. The molecule has 2 rings (SSSR count). The topological polar surface area (TPSA) is 64.7 Å². The lowest BCUT2D eigenvalue weighted by atomic mass is 10.3. The fourth-order valence-corrected chi connectivity index (χ4v) is 2.15. The Balaban J connectivity index is 2.55. The van der Waals surface area contributed by atoms with Crippen LogP contribution in [0.25, 0.3) is 10.3 Å². The third-order valence-corrected chi connectivity index (χ3v) is 2.76. The molecule has 2 N–H and O–H groups in total. The molecule has 0 saturated heterocycles. The number of hydrogen-bond donors (Lipinski definition) is 1. The summed E-state index contributed by atoms with van der Waals surface area (Å²) in [5.74, 6) is 0.476. The van der Waals surface area contributed by atoms with Crippen molar-refractivity contribution in [3.8, 4) is 0 Å². The second-order valence-corrected chi connectivity index (χ2v) is 3.83. The molecule has 0 bridgehead atoms. The number of rotatable bonds is 2. The molecular weight excluding hydrogens is 184 g/mol. The molecule has 0 atom stereocenters. The van der Waals surface area contributed by atoms with Crippen molar-refractivity contribution in [2.75, 3.05) is 5.73 Å². The van der Waals surface area contributed by atoms with Crippen molar-refractivity contribution >= 4 is 27.5 Å². The first-order valence-electron chi connectivity index (χ1n) is 4.17. The van der Waals surface area contributed by atoms with Crippen LogP contribution < -0.4 is 5.73 Å². The number of aromatic nitrogens is 3. The van der Waals surface area contributed by atoms with E-state index in [2.05, 4.69) is 21.9 Å². The van der Waals surface area contributed by atoms with Crippen LogP contribution in [0.2, 0.25) is 0 Å². The van der Waals surface area contributed by atoms with E-state index < -0.39 is 0 Å². The van der Waals surface area contributed by atoms with Gasteiger partial charge in [-0.25, -0.2) is 15.0 Å². The molecule has 2 heterocycles. The minimum Gasteiger partial charge on any atom is -0.382 e. The lowest BCUT2D eigenvalue weighted by Gasteiger charge is -1.89. The first kappa shape index (κ1) is 8.37. The summed E-state index contributed by atoms with van der Waals surface area (Å²) >= 11 is 1.59. The maximum Gasteiger partial charge on any atom is 0.154 e. The van der Waals surface area contributed by atoms with E-state index in [9.17, 15) is 0 Å². The summed E-state index contributed by atoms with van der Waals surface area (Å²) in [4.78, 5) is 13.3. The SMILES string of the molecule is CCCc1nc2c(N)ncnc2s1. The van der Waals surface area contributed by atoms with Crippen LogP contribution in [-0.4, -0.2) is 15.0 Å². The Labute approximate surface area is 79.8 Å². The van der Waals surface area contributed by atoms with Gasteiger partial charge in [-0.05, 0) is 12.8 Å². The van der Waals surface area contributed by atoms with Crippen molar-refractivity contribution in [2.45, 2.75) is 19.8 Å². The third kappa shape index (κ3) is 1.47. The van der Waals surface area contributed by atoms with Gasteiger partial charge in [0.05, 0.1) is 5.01 Å². The van der Waals surface area contributed by atoms with E-state index in [1.54, 1.807) is 11.3 Å². The van der Waals surface area contributed by atoms with Crippen LogP contribution in [0.5, 0.6) is 0 Å². The molecule has 0 amide bonds. The van der Waals surface area contributed by atoms with Gasteiger partial charge in [0.1, 0.15) is 16.7 Å². The Morgan fingerprint density at radius 3 is 3.00 bits per heavy atom. The Kier molecular flexibility index (Phi) is 2.10. The monoisotopic (exact) mass is 194 g/mol. The summed E-state index contributed by atoms with van der Waals surface area (Å²) < 4.78 is 0. The lowest BCUT2D eigenvalue weighted by Crippen LogP contribution is -1.91. The minimum atomic E-state index is 0.476. The molecule has 0 fully saturated rings. The molecule has 13 heavy (non-hydrogen) atoms. The fourth-order valence-electron chi connectivity index (χ4n) is 1.14. The standard InChI is InChI=1S/C8H10N4S/c1-2-3-5-12-6-7(9)10-4-11-8(6)13-5/h4H,2-3H2,1H3,(H2,9,10,11). The zero-order valence-corrected chi connectivity index (χ0v) is 8.14. The zero-order chi connectivity index (χ0) is 9.26. The number of nitrogens with two attached hydrogens (primary N) is 1. The summed E-state index contributed by atoms with van der Waals surface area (Å²) in [5, 5.41) is 1.09. The Hall–Kier alpha value is -1.23. The van der Waals surface area contributed by atoms with Crippen LogP contribution in [-0.2, 0) is 6.42 Å². The van der Waals surface area contributed by atoms with Gasteiger partial charge in [0.25, 0.3) is 0 Å². The first-order valence-corrected chi connectivity index (χ1v) is 4.98. The van der Waals surface area contributed by atoms with Gasteiger partial charge in [-0.1, -0.05) is 18.3 Å². The van der Waals surface area contributed by atoms with Gasteiger partial charge in [-0.15, -0.1) is 0 Å². The molecule has 0 aliphatic heterocycles. The highest BCUT2D eigenvalue weighted by molar-refractivity contribution is 7.18. The third-order valence-electron chi connectivity index (χ3n) is 1.73. The van der Waals surface area contributed by atoms with Crippen LogP contribution in [0.15, 0.2) is 6.33 Å². The molecule has 0 aromatic carbocycles. The van der Waals surface area contributed by atoms with E-state index in [0.717, 1.165) is 28.2 Å². The quantitative estimate of drug-likeness (QED) is 0.789. The van der Waals surface area contributed by atoms with Gasteiger partial charge in [0.15, 0.2) is 5.82 Å². The molecule has 0 spiro atoms. The van der Waals surface area contributed by atoms with Crippen molar-refractivity contribution < 1.29 is 0 Å². The molecule has 4 nitrogen and oxygen atoms in total. The van der Waals surface area contributed by atoms with Gasteiger partial charge < -0.3 is 5.73 Å². The van der Waals surface area contributed by atoms with Crippen LogP contribution in [0.3, 0.4) is 0 Å². The van der Waals surface area contributed by atoms with Crippen LogP contribution >= 0.6 is 11.3 Å². The lowest BCUT2D eigenvalue weighted by molar-refractivity contribution is 0.912. The highest BCUT2D eigenvalue weighted by Gasteiger charge is 2.06. The Morgan fingerprint density at radius 1 is 1.46 bits per heavy atom. The average molecular weight is 194 g/mol. The number of nitrogens with zero attached hydrogens (tertiary/aromatic N) is 3. The predicted octanol–water partition coefficient (Wildman–Crippen LogP) is 1.62. The van der Waals surface area contributed by atoms with Crippen molar-refractivity contribution in [1.82, 2.24) is 15.0 Å². The largest absolute Gasteiger partial charge is 0.382 e. The molecule has 0 saturated carbocycles. The molecule has 2 aromatic heterocycles. The molecule has 0 unspecified atom stereocenters. The van der Waals surface area contributed by atoms with E-state index in [1.807, 2.05) is 0 Å². The van der Waals surface area contributed by atoms with Gasteiger partial charge in [-0.3, -0.25) is 0 Å². The molecule has 5 heteroatoms. The van der Waals surface area contributed by atoms with Crippen LogP contribution in [0.1, 0.15) is 18.4 Å². The molecule has 0 aliphatic carbocycles. The van der Waals surface area contributed by atoms with Crippen LogP contribution in [0, 0.1) is 0 Å². The number of thiazole rings is 1. The average Bonchev–Trinajstić information content (AvgIpc) is 2.49.